The number of para-hydroxylation sites is 1. The average molecular weight is 369 g/mol. The second kappa shape index (κ2) is 7.92. The predicted molar refractivity (Wildman–Crippen MR) is 109 cm³/mol. The van der Waals surface area contributed by atoms with Crippen molar-refractivity contribution in [1.82, 2.24) is 0 Å². The van der Waals surface area contributed by atoms with Gasteiger partial charge in [0.25, 0.3) is 0 Å². The van der Waals surface area contributed by atoms with Gasteiger partial charge in [-0.15, -0.1) is 0 Å². The fourth-order valence-corrected chi connectivity index (χ4v) is 2.92. The topological polar surface area (TPSA) is 47.9 Å². The maximum Gasteiger partial charge on any atom is 0.363 e. The summed E-state index contributed by atoms with van der Waals surface area (Å²) in [4.78, 5) is 16.6. The van der Waals surface area contributed by atoms with E-state index in [2.05, 4.69) is 18.0 Å². The number of carbonyl (C=O) groups is 1. The molecule has 0 radical (unpaired) electrons. The van der Waals surface area contributed by atoms with Gasteiger partial charge in [-0.3, -0.25) is 0 Å². The molecular weight excluding hydrogens is 350 g/mol. The molecule has 1 heterocycles. The Kier molecular flexibility index (Phi) is 5.02. The fraction of sp³-hybridized carbons (Fsp3) is 0.0833. The maximum atomic E-state index is 12.3. The molecule has 0 atom stereocenters. The Balaban J connectivity index is 1.59. The molecule has 4 rings (SSSR count). The van der Waals surface area contributed by atoms with Crippen LogP contribution in [0.3, 0.4) is 0 Å². The first-order valence-corrected chi connectivity index (χ1v) is 9.05. The first-order valence-electron chi connectivity index (χ1n) is 9.05. The Hall–Kier alpha value is -3.66. The van der Waals surface area contributed by atoms with E-state index in [-0.39, 0.29) is 5.70 Å². The molecular formula is C24H19NO3. The lowest BCUT2D eigenvalue weighted by Gasteiger charge is -2.11. The van der Waals surface area contributed by atoms with Gasteiger partial charge in [0, 0.05) is 11.1 Å². The molecule has 0 spiro atoms. The van der Waals surface area contributed by atoms with Crippen molar-refractivity contribution in [3.05, 3.63) is 107 Å². The molecule has 0 amide bonds. The summed E-state index contributed by atoms with van der Waals surface area (Å²) in [6.07, 6.45) is 1.70. The van der Waals surface area contributed by atoms with Gasteiger partial charge in [0.2, 0.25) is 5.90 Å². The van der Waals surface area contributed by atoms with Crippen molar-refractivity contribution in [2.75, 3.05) is 0 Å². The normalized spacial score (nSPS) is 14.7. The number of rotatable bonds is 5. The number of nitrogens with zero attached hydrogens (tertiary/aromatic N) is 1. The van der Waals surface area contributed by atoms with Crippen LogP contribution in [-0.4, -0.2) is 11.9 Å². The van der Waals surface area contributed by atoms with Crippen molar-refractivity contribution in [2.24, 2.45) is 4.99 Å². The Morgan fingerprint density at radius 3 is 2.46 bits per heavy atom. The quantitative estimate of drug-likeness (QED) is 0.474. The number of ether oxygens (including phenoxy) is 2. The third kappa shape index (κ3) is 3.86. The predicted octanol–water partition coefficient (Wildman–Crippen LogP) is 4.92. The van der Waals surface area contributed by atoms with Gasteiger partial charge in [0.15, 0.2) is 5.70 Å². The molecule has 28 heavy (non-hydrogen) atoms. The molecule has 1 aliphatic heterocycles. The van der Waals surface area contributed by atoms with Crippen LogP contribution >= 0.6 is 0 Å². The van der Waals surface area contributed by atoms with Crippen molar-refractivity contribution < 1.29 is 14.3 Å². The van der Waals surface area contributed by atoms with Crippen molar-refractivity contribution in [3.8, 4) is 5.75 Å². The van der Waals surface area contributed by atoms with Crippen molar-refractivity contribution in [1.29, 1.82) is 0 Å². The van der Waals surface area contributed by atoms with Crippen LogP contribution in [0, 0.1) is 6.92 Å². The lowest BCUT2D eigenvalue weighted by molar-refractivity contribution is -0.129. The Labute approximate surface area is 163 Å². The highest BCUT2D eigenvalue weighted by Crippen LogP contribution is 2.25. The van der Waals surface area contributed by atoms with Gasteiger partial charge in [-0.2, -0.15) is 0 Å². The van der Waals surface area contributed by atoms with E-state index in [0.29, 0.717) is 18.3 Å². The number of esters is 1. The van der Waals surface area contributed by atoms with Crippen LogP contribution in [0.15, 0.2) is 89.6 Å². The van der Waals surface area contributed by atoms with E-state index in [1.807, 2.05) is 72.8 Å². The zero-order valence-corrected chi connectivity index (χ0v) is 15.5. The summed E-state index contributed by atoms with van der Waals surface area (Å²) in [5.41, 5.74) is 4.10. The number of hydrogen-bond donors (Lipinski definition) is 0. The van der Waals surface area contributed by atoms with E-state index in [4.69, 9.17) is 9.47 Å². The highest BCUT2D eigenvalue weighted by Gasteiger charge is 2.24. The Morgan fingerprint density at radius 2 is 1.64 bits per heavy atom. The number of hydrogen-bond acceptors (Lipinski definition) is 4. The summed E-state index contributed by atoms with van der Waals surface area (Å²) in [6.45, 7) is 2.51. The molecule has 0 aliphatic carbocycles. The average Bonchev–Trinajstić information content (AvgIpc) is 3.09. The zero-order chi connectivity index (χ0) is 19.3. The van der Waals surface area contributed by atoms with E-state index in [0.717, 1.165) is 16.7 Å². The van der Waals surface area contributed by atoms with E-state index in [1.165, 1.54) is 5.56 Å². The molecule has 3 aromatic rings. The van der Waals surface area contributed by atoms with Gasteiger partial charge >= 0.3 is 5.97 Å². The Bertz CT molecular complexity index is 1070. The van der Waals surface area contributed by atoms with E-state index in [1.54, 1.807) is 6.08 Å². The second-order valence-electron chi connectivity index (χ2n) is 6.46. The van der Waals surface area contributed by atoms with Gasteiger partial charge in [-0.1, -0.05) is 60.7 Å². The van der Waals surface area contributed by atoms with Crippen LogP contribution in [0.25, 0.3) is 6.08 Å². The summed E-state index contributed by atoms with van der Waals surface area (Å²) in [6, 6.07) is 25.0. The molecule has 4 nitrogen and oxygen atoms in total. The molecule has 1 aliphatic rings. The monoisotopic (exact) mass is 369 g/mol. The number of aliphatic imine (C=N–C) groups is 1. The fourth-order valence-electron chi connectivity index (χ4n) is 2.92. The van der Waals surface area contributed by atoms with Crippen molar-refractivity contribution in [3.63, 3.8) is 0 Å². The highest BCUT2D eigenvalue weighted by molar-refractivity contribution is 6.12. The summed E-state index contributed by atoms with van der Waals surface area (Å²) in [7, 11) is 0. The molecule has 4 heteroatoms. The smallest absolute Gasteiger partial charge is 0.363 e. The number of benzene rings is 3. The van der Waals surface area contributed by atoms with E-state index >= 15 is 0 Å². The minimum absolute atomic E-state index is 0.255. The molecule has 0 fully saturated rings. The van der Waals surface area contributed by atoms with Crippen molar-refractivity contribution in [2.45, 2.75) is 13.5 Å². The maximum absolute atomic E-state index is 12.3. The molecule has 0 N–H and O–H groups in total. The molecule has 0 unspecified atom stereocenters. The van der Waals surface area contributed by atoms with Crippen molar-refractivity contribution >= 4 is 17.9 Å². The third-order valence-corrected chi connectivity index (χ3v) is 4.50. The minimum Gasteiger partial charge on any atom is -0.488 e. The Morgan fingerprint density at radius 1 is 0.929 bits per heavy atom. The second-order valence-corrected chi connectivity index (χ2v) is 6.46. The summed E-state index contributed by atoms with van der Waals surface area (Å²) in [5.74, 6) is 0.539. The number of carbonyl (C=O) groups excluding carboxylic acids is 1. The van der Waals surface area contributed by atoms with Crippen LogP contribution in [0.4, 0.5) is 0 Å². The largest absolute Gasteiger partial charge is 0.488 e. The SMILES string of the molecule is Cc1ccccc1COc1ccccc1/C=C1\N=C(c2ccccc2)OC1=O. The van der Waals surface area contributed by atoms with Gasteiger partial charge < -0.3 is 9.47 Å². The van der Waals surface area contributed by atoms with Gasteiger partial charge in [0.05, 0.1) is 0 Å². The molecule has 0 saturated heterocycles. The van der Waals surface area contributed by atoms with E-state index in [9.17, 15) is 4.79 Å². The summed E-state index contributed by atoms with van der Waals surface area (Å²) >= 11 is 0. The van der Waals surface area contributed by atoms with Gasteiger partial charge in [-0.05, 0) is 42.3 Å². The molecule has 0 bridgehead atoms. The van der Waals surface area contributed by atoms with E-state index < -0.39 is 5.97 Å². The van der Waals surface area contributed by atoms with Gasteiger partial charge in [0.1, 0.15) is 12.4 Å². The summed E-state index contributed by atoms with van der Waals surface area (Å²) < 4.78 is 11.3. The van der Waals surface area contributed by atoms with Crippen LogP contribution < -0.4 is 4.74 Å². The van der Waals surface area contributed by atoms with Crippen LogP contribution in [0.5, 0.6) is 5.75 Å². The highest BCUT2D eigenvalue weighted by atomic mass is 16.6. The first-order chi connectivity index (χ1) is 13.7. The molecule has 0 saturated carbocycles. The lowest BCUT2D eigenvalue weighted by atomic mass is 10.1. The standard InChI is InChI=1S/C24H19NO3/c1-17-9-5-6-13-20(17)16-27-22-14-8-7-12-19(22)15-21-24(26)28-23(25-21)18-10-3-2-4-11-18/h2-15H,16H2,1H3/b21-15-. The number of aryl methyl sites for hydroxylation is 1. The van der Waals surface area contributed by atoms with Crippen LogP contribution in [0.2, 0.25) is 0 Å². The first kappa shape index (κ1) is 17.7. The molecule has 0 aromatic heterocycles. The number of cyclic esters (lactones) is 1. The zero-order valence-electron chi connectivity index (χ0n) is 15.5. The summed E-state index contributed by atoms with van der Waals surface area (Å²) in [5, 5.41) is 0. The molecule has 138 valence electrons. The van der Waals surface area contributed by atoms with Crippen LogP contribution in [-0.2, 0) is 16.1 Å². The van der Waals surface area contributed by atoms with Gasteiger partial charge in [-0.25, -0.2) is 9.79 Å². The minimum atomic E-state index is -0.465. The lowest BCUT2D eigenvalue weighted by Crippen LogP contribution is -2.05. The molecule has 3 aromatic carbocycles. The van der Waals surface area contributed by atoms with Crippen LogP contribution in [0.1, 0.15) is 22.3 Å². The third-order valence-electron chi connectivity index (χ3n) is 4.50.